The van der Waals surface area contributed by atoms with Gasteiger partial charge in [0.1, 0.15) is 11.6 Å². The van der Waals surface area contributed by atoms with Crippen LogP contribution in [0.2, 0.25) is 0 Å². The fraction of sp³-hybridized carbons (Fsp3) is 0.200. The van der Waals surface area contributed by atoms with Crippen LogP contribution in [0, 0.1) is 5.82 Å². The van der Waals surface area contributed by atoms with E-state index in [9.17, 15) is 27.2 Å². The summed E-state index contributed by atoms with van der Waals surface area (Å²) in [5.74, 6) is -1.18. The van der Waals surface area contributed by atoms with E-state index < -0.39 is 12.4 Å². The highest BCUT2D eigenvalue weighted by molar-refractivity contribution is 7.99. The average molecular weight is 556 g/mol. The minimum absolute atomic E-state index is 0. The van der Waals surface area contributed by atoms with E-state index in [1.54, 1.807) is 30.3 Å². The molecule has 0 bridgehead atoms. The molecule has 3 aromatic rings. The molecule has 0 fully saturated rings. The maximum Gasteiger partial charge on any atom is 0.573 e. The fourth-order valence-corrected chi connectivity index (χ4v) is 4.57. The highest BCUT2D eigenvalue weighted by Gasteiger charge is 2.32. The first-order valence-electron chi connectivity index (χ1n) is 10.8. The lowest BCUT2D eigenvalue weighted by atomic mass is 10.1. The Labute approximate surface area is 220 Å². The minimum Gasteiger partial charge on any atom is -0.406 e. The predicted octanol–water partition coefficient (Wildman–Crippen LogP) is 5.04. The van der Waals surface area contributed by atoms with Gasteiger partial charge in [0.15, 0.2) is 0 Å². The first-order chi connectivity index (χ1) is 17.1. The summed E-state index contributed by atoms with van der Waals surface area (Å²) in [5, 5.41) is 2.76. The molecule has 4 rings (SSSR count). The van der Waals surface area contributed by atoms with E-state index in [0.717, 1.165) is 10.5 Å². The summed E-state index contributed by atoms with van der Waals surface area (Å²) in [7, 11) is 0. The van der Waals surface area contributed by atoms with Crippen LogP contribution in [0.4, 0.5) is 23.2 Å². The molecule has 0 aliphatic carbocycles. The van der Waals surface area contributed by atoms with Crippen LogP contribution < -0.4 is 20.7 Å². The van der Waals surface area contributed by atoms with Gasteiger partial charge in [-0.25, -0.2) is 4.39 Å². The smallest absolute Gasteiger partial charge is 0.406 e. The normalized spacial score (nSPS) is 15.3. The fourth-order valence-electron chi connectivity index (χ4n) is 3.59. The van der Waals surface area contributed by atoms with Crippen LogP contribution in [0.1, 0.15) is 21.5 Å². The summed E-state index contributed by atoms with van der Waals surface area (Å²) < 4.78 is 54.3. The number of nitrogens with one attached hydrogen (secondary N) is 1. The van der Waals surface area contributed by atoms with Gasteiger partial charge in [-0.2, -0.15) is 0 Å². The van der Waals surface area contributed by atoms with Gasteiger partial charge in [-0.15, -0.1) is 37.3 Å². The second-order valence-corrected chi connectivity index (χ2v) is 9.09. The number of hydrogen-bond acceptors (Lipinski definition) is 5. The van der Waals surface area contributed by atoms with E-state index in [1.165, 1.54) is 53.1 Å². The molecule has 3 N–H and O–H groups in total. The molecule has 12 heteroatoms. The number of carbonyl (C=O) groups excluding carboxylic acids is 2. The average Bonchev–Trinajstić information content (AvgIpc) is 2.95. The van der Waals surface area contributed by atoms with Gasteiger partial charge >= 0.3 is 6.36 Å². The molecule has 1 aliphatic heterocycles. The molecule has 0 unspecified atom stereocenters. The first kappa shape index (κ1) is 28.3. The van der Waals surface area contributed by atoms with Gasteiger partial charge in [0, 0.05) is 22.8 Å². The quantitative estimate of drug-likeness (QED) is 0.416. The van der Waals surface area contributed by atoms with Crippen molar-refractivity contribution in [3.8, 4) is 5.75 Å². The number of rotatable bonds is 6. The van der Waals surface area contributed by atoms with Gasteiger partial charge in [-0.3, -0.25) is 9.59 Å². The van der Waals surface area contributed by atoms with E-state index in [1.807, 2.05) is 0 Å². The molecule has 0 saturated heterocycles. The summed E-state index contributed by atoms with van der Waals surface area (Å²) in [6.45, 7) is 0.220. The molecule has 37 heavy (non-hydrogen) atoms. The number of alkyl halides is 3. The molecule has 6 nitrogen and oxygen atoms in total. The number of carbonyl (C=O) groups is 2. The van der Waals surface area contributed by atoms with Crippen molar-refractivity contribution in [2.45, 2.75) is 30.4 Å². The third-order valence-electron chi connectivity index (χ3n) is 5.38. The lowest BCUT2D eigenvalue weighted by Gasteiger charge is -2.25. The molecule has 3 aromatic carbocycles. The summed E-state index contributed by atoms with van der Waals surface area (Å²) in [4.78, 5) is 28.0. The number of halogens is 5. The van der Waals surface area contributed by atoms with Crippen molar-refractivity contribution < 1.29 is 31.9 Å². The molecule has 2 amide bonds. The lowest BCUT2D eigenvalue weighted by Crippen LogP contribution is -2.44. The first-order valence-corrected chi connectivity index (χ1v) is 11.8. The third-order valence-corrected chi connectivity index (χ3v) is 6.56. The van der Waals surface area contributed by atoms with E-state index in [4.69, 9.17) is 5.73 Å². The minimum atomic E-state index is -4.81. The van der Waals surface area contributed by atoms with Crippen LogP contribution in [0.25, 0.3) is 0 Å². The predicted molar refractivity (Wildman–Crippen MR) is 134 cm³/mol. The standard InChI is InChI=1S/C25H21F4N3O3S.ClH/c26-18-6-1-15(2-7-18)12-31-23(33)17-5-10-22-21(11-17)32(24(34)20(30)14-36-22)13-16-3-8-19(9-4-16)35-25(27,28)29;/h1-11,20H,12-14,30H2,(H,31,33);1H/t20-;/m0./s1. The monoisotopic (exact) mass is 555 g/mol. The Morgan fingerprint density at radius 1 is 1.05 bits per heavy atom. The number of fused-ring (bicyclic) bond motifs is 1. The molecule has 0 aromatic heterocycles. The summed E-state index contributed by atoms with van der Waals surface area (Å²) >= 11 is 1.38. The van der Waals surface area contributed by atoms with Gasteiger partial charge in [0.05, 0.1) is 18.3 Å². The summed E-state index contributed by atoms with van der Waals surface area (Å²) in [6.07, 6.45) is -4.81. The number of thioether (sulfide) groups is 1. The van der Waals surface area contributed by atoms with Crippen molar-refractivity contribution in [1.29, 1.82) is 0 Å². The maximum atomic E-state index is 13.1. The number of nitrogens with two attached hydrogens (primary N) is 1. The van der Waals surface area contributed by atoms with E-state index in [2.05, 4.69) is 10.1 Å². The van der Waals surface area contributed by atoms with Crippen molar-refractivity contribution in [1.82, 2.24) is 5.32 Å². The maximum absolute atomic E-state index is 13.1. The van der Waals surface area contributed by atoms with Crippen LogP contribution in [0.15, 0.2) is 71.6 Å². The molecule has 0 radical (unpaired) electrons. The Hall–Kier alpha value is -3.28. The van der Waals surface area contributed by atoms with Crippen LogP contribution >= 0.6 is 24.2 Å². The van der Waals surface area contributed by atoms with Gasteiger partial charge in [-0.1, -0.05) is 24.3 Å². The molecule has 1 atom stereocenters. The highest BCUT2D eigenvalue weighted by Crippen LogP contribution is 2.36. The van der Waals surface area contributed by atoms with Crippen molar-refractivity contribution in [3.05, 3.63) is 89.2 Å². The number of amides is 2. The van der Waals surface area contributed by atoms with E-state index in [0.29, 0.717) is 22.6 Å². The molecule has 196 valence electrons. The number of benzene rings is 3. The van der Waals surface area contributed by atoms with Gasteiger partial charge in [-0.05, 0) is 53.6 Å². The second-order valence-electron chi connectivity index (χ2n) is 8.03. The zero-order valence-corrected chi connectivity index (χ0v) is 20.8. The number of ether oxygens (including phenoxy) is 1. The second kappa shape index (κ2) is 11.8. The Morgan fingerprint density at radius 2 is 1.70 bits per heavy atom. The summed E-state index contributed by atoms with van der Waals surface area (Å²) in [5.41, 5.74) is 8.10. The largest absolute Gasteiger partial charge is 0.573 e. The van der Waals surface area contributed by atoms with Crippen LogP contribution in [0.5, 0.6) is 5.75 Å². The summed E-state index contributed by atoms with van der Waals surface area (Å²) in [6, 6.07) is 15.1. The molecule has 0 saturated carbocycles. The van der Waals surface area contributed by atoms with Crippen LogP contribution in [0.3, 0.4) is 0 Å². The molecule has 0 spiro atoms. The molecule has 1 aliphatic rings. The van der Waals surface area contributed by atoms with E-state index in [-0.39, 0.29) is 48.9 Å². The topological polar surface area (TPSA) is 84.7 Å². The number of hydrogen-bond donors (Lipinski definition) is 2. The molecular weight excluding hydrogens is 534 g/mol. The number of anilines is 1. The van der Waals surface area contributed by atoms with Gasteiger partial charge < -0.3 is 20.7 Å². The van der Waals surface area contributed by atoms with Crippen molar-refractivity contribution in [3.63, 3.8) is 0 Å². The van der Waals surface area contributed by atoms with Crippen molar-refractivity contribution in [2.75, 3.05) is 10.7 Å². The molecule has 1 heterocycles. The highest BCUT2D eigenvalue weighted by atomic mass is 35.5. The van der Waals surface area contributed by atoms with Crippen LogP contribution in [-0.2, 0) is 17.9 Å². The Kier molecular flexibility index (Phi) is 9.06. The number of nitrogens with zero attached hydrogens (tertiary/aromatic N) is 1. The Bertz CT molecular complexity index is 1260. The lowest BCUT2D eigenvalue weighted by molar-refractivity contribution is -0.274. The zero-order chi connectivity index (χ0) is 25.9. The van der Waals surface area contributed by atoms with Gasteiger partial charge in [0.25, 0.3) is 5.91 Å². The SMILES string of the molecule is Cl.N[C@H]1CSc2ccc(C(=O)NCc3ccc(F)cc3)cc2N(Cc2ccc(OC(F)(F)F)cc2)C1=O. The van der Waals surface area contributed by atoms with E-state index >= 15 is 0 Å². The molecular formula is C25H22ClF4N3O3S. The van der Waals surface area contributed by atoms with Crippen molar-refractivity contribution >= 4 is 41.7 Å². The zero-order valence-electron chi connectivity index (χ0n) is 19.1. The van der Waals surface area contributed by atoms with Crippen molar-refractivity contribution in [2.24, 2.45) is 5.73 Å². The van der Waals surface area contributed by atoms with Crippen LogP contribution in [-0.4, -0.2) is 30.0 Å². The third kappa shape index (κ3) is 7.37. The Balaban J connectivity index is 0.00000380. The van der Waals surface area contributed by atoms with Gasteiger partial charge in [0.2, 0.25) is 5.91 Å². The Morgan fingerprint density at radius 3 is 2.35 bits per heavy atom.